The molecule has 1 aliphatic rings. The van der Waals surface area contributed by atoms with E-state index in [0.29, 0.717) is 17.8 Å². The topological polar surface area (TPSA) is 58.6 Å². The van der Waals surface area contributed by atoms with Gasteiger partial charge in [0.25, 0.3) is 0 Å². The molecule has 0 spiro atoms. The number of urea groups is 1. The van der Waals surface area contributed by atoms with Crippen LogP contribution in [0.5, 0.6) is 0 Å². The summed E-state index contributed by atoms with van der Waals surface area (Å²) in [6.07, 6.45) is 1.75. The van der Waals surface area contributed by atoms with Gasteiger partial charge in [0.1, 0.15) is 5.82 Å². The minimum atomic E-state index is -0.422. The van der Waals surface area contributed by atoms with Crippen molar-refractivity contribution in [3.63, 3.8) is 0 Å². The first-order chi connectivity index (χ1) is 12.1. The zero-order chi connectivity index (χ0) is 17.8. The lowest BCUT2D eigenvalue weighted by molar-refractivity contribution is 0.0600. The van der Waals surface area contributed by atoms with Gasteiger partial charge in [0.05, 0.1) is 18.7 Å². The third-order valence-electron chi connectivity index (χ3n) is 4.33. The molecular weight excluding hydrogens is 323 g/mol. The first-order valence-electron chi connectivity index (χ1n) is 8.10. The molecule has 130 valence electrons. The molecule has 2 aromatic rings. The zero-order valence-corrected chi connectivity index (χ0v) is 13.9. The number of carbonyl (C=O) groups is 2. The fourth-order valence-corrected chi connectivity index (χ4v) is 3.04. The van der Waals surface area contributed by atoms with Crippen LogP contribution in [0.15, 0.2) is 48.5 Å². The van der Waals surface area contributed by atoms with Crippen molar-refractivity contribution in [3.8, 4) is 0 Å². The number of esters is 1. The van der Waals surface area contributed by atoms with Gasteiger partial charge < -0.3 is 15.0 Å². The Morgan fingerprint density at radius 1 is 1.12 bits per heavy atom. The molecular formula is C19H19FN2O3. The van der Waals surface area contributed by atoms with Crippen LogP contribution in [-0.2, 0) is 4.74 Å². The molecule has 1 saturated heterocycles. The molecule has 0 bridgehead atoms. The van der Waals surface area contributed by atoms with Crippen LogP contribution in [0.25, 0.3) is 0 Å². The lowest BCUT2D eigenvalue weighted by atomic mass is 10.0. The van der Waals surface area contributed by atoms with Crippen molar-refractivity contribution < 1.29 is 18.7 Å². The molecule has 0 unspecified atom stereocenters. The second-order valence-corrected chi connectivity index (χ2v) is 5.90. The Kier molecular flexibility index (Phi) is 4.97. The molecule has 3 rings (SSSR count). The van der Waals surface area contributed by atoms with E-state index >= 15 is 0 Å². The molecule has 1 N–H and O–H groups in total. The molecule has 1 atom stereocenters. The molecule has 2 aromatic carbocycles. The number of rotatable bonds is 3. The molecule has 0 aromatic heterocycles. The lowest BCUT2D eigenvalue weighted by Gasteiger charge is -2.25. The molecule has 0 saturated carbocycles. The Bertz CT molecular complexity index is 759. The van der Waals surface area contributed by atoms with Crippen LogP contribution < -0.4 is 5.32 Å². The van der Waals surface area contributed by atoms with Crippen molar-refractivity contribution in [2.75, 3.05) is 19.0 Å². The minimum absolute atomic E-state index is 0.0602. The number of carbonyl (C=O) groups excluding carboxylic acids is 2. The number of anilines is 1. The summed E-state index contributed by atoms with van der Waals surface area (Å²) in [6.45, 7) is 0.647. The Labute approximate surface area is 145 Å². The van der Waals surface area contributed by atoms with E-state index in [-0.39, 0.29) is 17.9 Å². The SMILES string of the molecule is COC(=O)c1ccc(NC(=O)N2CCC[C@@H]2c2ccc(F)cc2)cc1. The normalized spacial score (nSPS) is 16.6. The average molecular weight is 342 g/mol. The molecule has 5 nitrogen and oxygen atoms in total. The van der Waals surface area contributed by atoms with E-state index in [2.05, 4.69) is 10.1 Å². The average Bonchev–Trinajstić information content (AvgIpc) is 3.12. The summed E-state index contributed by atoms with van der Waals surface area (Å²) >= 11 is 0. The second-order valence-electron chi connectivity index (χ2n) is 5.90. The largest absolute Gasteiger partial charge is 0.465 e. The van der Waals surface area contributed by atoms with Crippen LogP contribution >= 0.6 is 0 Å². The highest BCUT2D eigenvalue weighted by Crippen LogP contribution is 2.32. The van der Waals surface area contributed by atoms with Gasteiger partial charge >= 0.3 is 12.0 Å². The van der Waals surface area contributed by atoms with E-state index in [9.17, 15) is 14.0 Å². The van der Waals surface area contributed by atoms with Crippen molar-refractivity contribution in [1.29, 1.82) is 0 Å². The Balaban J connectivity index is 1.69. The predicted octanol–water partition coefficient (Wildman–Crippen LogP) is 3.98. The maximum absolute atomic E-state index is 13.1. The number of methoxy groups -OCH3 is 1. The van der Waals surface area contributed by atoms with Gasteiger partial charge in [-0.15, -0.1) is 0 Å². The van der Waals surface area contributed by atoms with Gasteiger partial charge in [0.15, 0.2) is 0 Å². The van der Waals surface area contributed by atoms with E-state index in [1.165, 1.54) is 19.2 Å². The summed E-state index contributed by atoms with van der Waals surface area (Å²) in [7, 11) is 1.32. The highest BCUT2D eigenvalue weighted by atomic mass is 19.1. The van der Waals surface area contributed by atoms with Crippen molar-refractivity contribution in [2.24, 2.45) is 0 Å². The second kappa shape index (κ2) is 7.34. The predicted molar refractivity (Wildman–Crippen MR) is 91.9 cm³/mol. The van der Waals surface area contributed by atoms with E-state index in [1.807, 2.05) is 0 Å². The summed E-state index contributed by atoms with van der Waals surface area (Å²) in [5.41, 5.74) is 1.95. The third-order valence-corrected chi connectivity index (χ3v) is 4.33. The van der Waals surface area contributed by atoms with E-state index < -0.39 is 5.97 Å². The Hall–Kier alpha value is -2.89. The summed E-state index contributed by atoms with van der Waals surface area (Å²) in [4.78, 5) is 25.8. The van der Waals surface area contributed by atoms with E-state index in [0.717, 1.165) is 18.4 Å². The van der Waals surface area contributed by atoms with Gasteiger partial charge in [-0.25, -0.2) is 14.0 Å². The Morgan fingerprint density at radius 2 is 1.80 bits per heavy atom. The molecule has 1 heterocycles. The molecule has 0 radical (unpaired) electrons. The molecule has 6 heteroatoms. The number of likely N-dealkylation sites (tertiary alicyclic amines) is 1. The van der Waals surface area contributed by atoms with Crippen LogP contribution in [0.1, 0.15) is 34.8 Å². The summed E-state index contributed by atoms with van der Waals surface area (Å²) < 4.78 is 17.8. The number of benzene rings is 2. The standard InChI is InChI=1S/C19H19FN2O3/c1-25-18(23)14-6-10-16(11-7-14)21-19(24)22-12-2-3-17(22)13-4-8-15(20)9-5-13/h4-11,17H,2-3,12H2,1H3,(H,21,24)/t17-/m1/s1. The lowest BCUT2D eigenvalue weighted by Crippen LogP contribution is -2.34. The van der Waals surface area contributed by atoms with Crippen LogP contribution in [0.4, 0.5) is 14.9 Å². The van der Waals surface area contributed by atoms with Crippen molar-refractivity contribution in [2.45, 2.75) is 18.9 Å². The maximum Gasteiger partial charge on any atom is 0.337 e. The monoisotopic (exact) mass is 342 g/mol. The van der Waals surface area contributed by atoms with Gasteiger partial charge in [-0.1, -0.05) is 12.1 Å². The zero-order valence-electron chi connectivity index (χ0n) is 13.9. The summed E-state index contributed by atoms with van der Waals surface area (Å²) in [6, 6.07) is 12.5. The number of ether oxygens (including phenoxy) is 1. The molecule has 1 fully saturated rings. The van der Waals surface area contributed by atoms with Gasteiger partial charge in [-0.05, 0) is 54.8 Å². The fraction of sp³-hybridized carbons (Fsp3) is 0.263. The maximum atomic E-state index is 13.1. The van der Waals surface area contributed by atoms with Crippen LogP contribution in [-0.4, -0.2) is 30.6 Å². The number of nitrogens with one attached hydrogen (secondary N) is 1. The van der Waals surface area contributed by atoms with Gasteiger partial charge in [-0.3, -0.25) is 0 Å². The van der Waals surface area contributed by atoms with E-state index in [4.69, 9.17) is 0 Å². The van der Waals surface area contributed by atoms with Crippen molar-refractivity contribution >= 4 is 17.7 Å². The first kappa shape index (κ1) is 17.0. The van der Waals surface area contributed by atoms with Crippen molar-refractivity contribution in [1.82, 2.24) is 4.90 Å². The van der Waals surface area contributed by atoms with Crippen LogP contribution in [0.3, 0.4) is 0 Å². The summed E-state index contributed by atoms with van der Waals surface area (Å²) in [5, 5.41) is 2.84. The number of nitrogens with zero attached hydrogens (tertiary/aromatic N) is 1. The van der Waals surface area contributed by atoms with E-state index in [1.54, 1.807) is 41.3 Å². The van der Waals surface area contributed by atoms with Crippen LogP contribution in [0, 0.1) is 5.82 Å². The number of hydrogen-bond acceptors (Lipinski definition) is 3. The molecule has 2 amide bonds. The quantitative estimate of drug-likeness (QED) is 0.858. The first-order valence-corrected chi connectivity index (χ1v) is 8.10. The molecule has 1 aliphatic heterocycles. The van der Waals surface area contributed by atoms with Gasteiger partial charge in [0.2, 0.25) is 0 Å². The highest BCUT2D eigenvalue weighted by molar-refractivity contribution is 5.92. The number of amides is 2. The third kappa shape index (κ3) is 3.79. The van der Waals surface area contributed by atoms with Crippen LogP contribution in [0.2, 0.25) is 0 Å². The molecule has 0 aliphatic carbocycles. The van der Waals surface area contributed by atoms with Gasteiger partial charge in [-0.2, -0.15) is 0 Å². The minimum Gasteiger partial charge on any atom is -0.465 e. The number of hydrogen-bond donors (Lipinski definition) is 1. The number of halogens is 1. The summed E-state index contributed by atoms with van der Waals surface area (Å²) in [5.74, 6) is -0.711. The van der Waals surface area contributed by atoms with Crippen molar-refractivity contribution in [3.05, 3.63) is 65.5 Å². The fourth-order valence-electron chi connectivity index (χ4n) is 3.04. The Morgan fingerprint density at radius 3 is 2.44 bits per heavy atom. The molecule has 25 heavy (non-hydrogen) atoms. The smallest absolute Gasteiger partial charge is 0.337 e. The van der Waals surface area contributed by atoms with Gasteiger partial charge in [0, 0.05) is 12.2 Å². The highest BCUT2D eigenvalue weighted by Gasteiger charge is 2.30.